The van der Waals surface area contributed by atoms with Gasteiger partial charge in [0, 0.05) is 18.0 Å². The Morgan fingerprint density at radius 1 is 1.45 bits per heavy atom. The molecule has 0 saturated carbocycles. The Kier molecular flexibility index (Phi) is 2.94. The van der Waals surface area contributed by atoms with Crippen molar-refractivity contribution in [1.29, 1.82) is 0 Å². The monoisotopic (exact) mass is 174 g/mol. The molecule has 0 aromatic carbocycles. The van der Waals surface area contributed by atoms with Crippen LogP contribution in [0.1, 0.15) is 32.6 Å². The molecule has 0 atom stereocenters. The second kappa shape index (κ2) is 3.77. The van der Waals surface area contributed by atoms with Crippen molar-refractivity contribution >= 4 is 17.0 Å². The minimum atomic E-state index is -0.721. The van der Waals surface area contributed by atoms with E-state index in [1.165, 1.54) is 6.42 Å². The summed E-state index contributed by atoms with van der Waals surface area (Å²) < 4.78 is 4.81. The molecule has 1 aliphatic carbocycles. The van der Waals surface area contributed by atoms with Crippen LogP contribution in [-0.4, -0.2) is 5.43 Å². The highest BCUT2D eigenvalue weighted by molar-refractivity contribution is 6.61. The average Bonchev–Trinajstić information content (AvgIpc) is 1.93. The topological polar surface area (TPSA) is 26.3 Å². The first kappa shape index (κ1) is 8.60. The lowest BCUT2D eigenvalue weighted by atomic mass is 9.99. The number of carbonyl (C=O) groups excluding carboxylic acids is 1. The van der Waals surface area contributed by atoms with Gasteiger partial charge in [-0.05, 0) is 31.8 Å². The summed E-state index contributed by atoms with van der Waals surface area (Å²) in [5, 5.41) is 0. The molecule has 0 aliphatic heterocycles. The third kappa shape index (κ3) is 2.54. The molecule has 62 valence electrons. The van der Waals surface area contributed by atoms with Crippen molar-refractivity contribution in [3.63, 3.8) is 0 Å². The zero-order chi connectivity index (χ0) is 8.27. The Labute approximate surface area is 71.2 Å². The number of allylic oxidation sites excluding steroid dienone is 2. The summed E-state index contributed by atoms with van der Waals surface area (Å²) >= 11 is 5.08. The van der Waals surface area contributed by atoms with Gasteiger partial charge in [-0.3, -0.25) is 0 Å². The minimum Gasteiger partial charge on any atom is -0.419 e. The van der Waals surface area contributed by atoms with E-state index in [-0.39, 0.29) is 0 Å². The largest absolute Gasteiger partial charge is 0.419 e. The molecule has 3 heteroatoms. The van der Waals surface area contributed by atoms with Gasteiger partial charge in [0.05, 0.1) is 0 Å². The molecular weight excluding hydrogens is 164 g/mol. The molecule has 2 nitrogen and oxygen atoms in total. The third-order valence-electron chi connectivity index (χ3n) is 1.89. The zero-order valence-electron chi connectivity index (χ0n) is 6.52. The van der Waals surface area contributed by atoms with Crippen molar-refractivity contribution in [2.45, 2.75) is 32.6 Å². The smallest absolute Gasteiger partial charge is 0.408 e. The molecule has 0 N–H and O–H groups in total. The summed E-state index contributed by atoms with van der Waals surface area (Å²) in [6.07, 6.45) is 4.16. The second-order valence-electron chi connectivity index (χ2n) is 2.75. The van der Waals surface area contributed by atoms with E-state index in [0.717, 1.165) is 30.6 Å². The molecule has 0 aromatic heterocycles. The fourth-order valence-corrected chi connectivity index (χ4v) is 1.36. The Bertz CT molecular complexity index is 196. The lowest BCUT2D eigenvalue weighted by Gasteiger charge is -2.15. The molecule has 0 saturated heterocycles. The molecular formula is C8H11ClO2. The number of ether oxygens (including phenoxy) is 1. The highest BCUT2D eigenvalue weighted by atomic mass is 35.5. The normalized spacial score (nSPS) is 18.4. The maximum atomic E-state index is 10.4. The molecule has 0 spiro atoms. The van der Waals surface area contributed by atoms with Crippen molar-refractivity contribution in [2.24, 2.45) is 0 Å². The number of hydrogen-bond acceptors (Lipinski definition) is 2. The Morgan fingerprint density at radius 3 is 2.64 bits per heavy atom. The van der Waals surface area contributed by atoms with Crippen molar-refractivity contribution in [3.05, 3.63) is 11.3 Å². The fourth-order valence-electron chi connectivity index (χ4n) is 1.26. The first-order valence-electron chi connectivity index (χ1n) is 3.76. The Hall–Kier alpha value is -0.500. The number of hydrogen-bond donors (Lipinski definition) is 0. The van der Waals surface area contributed by atoms with Crippen LogP contribution < -0.4 is 0 Å². The van der Waals surface area contributed by atoms with Gasteiger partial charge in [0.2, 0.25) is 0 Å². The van der Waals surface area contributed by atoms with Gasteiger partial charge in [0.25, 0.3) is 0 Å². The van der Waals surface area contributed by atoms with E-state index in [1.54, 1.807) is 0 Å². The predicted octanol–water partition coefficient (Wildman–Crippen LogP) is 3.21. The summed E-state index contributed by atoms with van der Waals surface area (Å²) in [6, 6.07) is 0. The van der Waals surface area contributed by atoms with Crippen LogP contribution in [0.4, 0.5) is 4.79 Å². The van der Waals surface area contributed by atoms with Gasteiger partial charge >= 0.3 is 5.43 Å². The van der Waals surface area contributed by atoms with Gasteiger partial charge in [-0.15, -0.1) is 0 Å². The summed E-state index contributed by atoms with van der Waals surface area (Å²) in [5.74, 6) is 0.774. The van der Waals surface area contributed by atoms with Crippen LogP contribution in [0, 0.1) is 0 Å². The molecule has 1 rings (SSSR count). The van der Waals surface area contributed by atoms with Crippen LogP contribution in [0.2, 0.25) is 0 Å². The fraction of sp³-hybridized carbons (Fsp3) is 0.625. The van der Waals surface area contributed by atoms with Gasteiger partial charge in [0.15, 0.2) is 0 Å². The summed E-state index contributed by atoms with van der Waals surface area (Å²) in [4.78, 5) is 10.4. The van der Waals surface area contributed by atoms with E-state index < -0.39 is 5.43 Å². The zero-order valence-corrected chi connectivity index (χ0v) is 7.28. The lowest BCUT2D eigenvalue weighted by Crippen LogP contribution is -2.02. The standard InChI is InChI=1S/C8H11ClO2/c1-6-4-2-3-5-7(6)11-8(9)10/h2-5H2,1H3. The van der Waals surface area contributed by atoms with E-state index in [0.29, 0.717) is 0 Å². The van der Waals surface area contributed by atoms with Crippen molar-refractivity contribution < 1.29 is 9.53 Å². The maximum absolute atomic E-state index is 10.4. The van der Waals surface area contributed by atoms with Crippen LogP contribution in [0.5, 0.6) is 0 Å². The van der Waals surface area contributed by atoms with Crippen molar-refractivity contribution in [2.75, 3.05) is 0 Å². The molecule has 0 fully saturated rings. The first-order valence-corrected chi connectivity index (χ1v) is 4.14. The molecule has 1 aliphatic rings. The molecule has 0 aromatic rings. The molecule has 0 radical (unpaired) electrons. The molecule has 0 unspecified atom stereocenters. The van der Waals surface area contributed by atoms with E-state index in [9.17, 15) is 4.79 Å². The summed E-state index contributed by atoms with van der Waals surface area (Å²) in [7, 11) is 0. The number of halogens is 1. The SMILES string of the molecule is CC1=C(OC(=O)Cl)CCCC1. The average molecular weight is 175 g/mol. The summed E-state index contributed by atoms with van der Waals surface area (Å²) in [5.41, 5.74) is 0.437. The van der Waals surface area contributed by atoms with E-state index >= 15 is 0 Å². The van der Waals surface area contributed by atoms with Crippen LogP contribution >= 0.6 is 11.6 Å². The number of carbonyl (C=O) groups is 1. The van der Waals surface area contributed by atoms with E-state index in [1.807, 2.05) is 6.92 Å². The van der Waals surface area contributed by atoms with Gasteiger partial charge in [-0.2, -0.15) is 0 Å². The van der Waals surface area contributed by atoms with Crippen LogP contribution in [0.15, 0.2) is 11.3 Å². The Balaban J connectivity index is 2.59. The molecule has 0 bridgehead atoms. The summed E-state index contributed by atoms with van der Waals surface area (Å²) in [6.45, 7) is 1.98. The van der Waals surface area contributed by atoms with Crippen molar-refractivity contribution in [3.8, 4) is 0 Å². The van der Waals surface area contributed by atoms with Crippen LogP contribution in [0.3, 0.4) is 0 Å². The molecule has 0 heterocycles. The molecule has 0 amide bonds. The van der Waals surface area contributed by atoms with Gasteiger partial charge in [-0.1, -0.05) is 0 Å². The van der Waals surface area contributed by atoms with Crippen LogP contribution in [-0.2, 0) is 4.74 Å². The highest BCUT2D eigenvalue weighted by Gasteiger charge is 2.12. The molecule has 11 heavy (non-hydrogen) atoms. The second-order valence-corrected chi connectivity index (χ2v) is 3.06. The Morgan fingerprint density at radius 2 is 2.09 bits per heavy atom. The minimum absolute atomic E-state index is 0.721. The maximum Gasteiger partial charge on any atom is 0.408 e. The van der Waals surface area contributed by atoms with Crippen molar-refractivity contribution in [1.82, 2.24) is 0 Å². The predicted molar refractivity (Wildman–Crippen MR) is 43.5 cm³/mol. The van der Waals surface area contributed by atoms with Gasteiger partial charge < -0.3 is 4.74 Å². The quantitative estimate of drug-likeness (QED) is 0.571. The van der Waals surface area contributed by atoms with E-state index in [2.05, 4.69) is 0 Å². The van der Waals surface area contributed by atoms with E-state index in [4.69, 9.17) is 16.3 Å². The first-order chi connectivity index (χ1) is 5.20. The number of rotatable bonds is 1. The highest BCUT2D eigenvalue weighted by Crippen LogP contribution is 2.25. The lowest BCUT2D eigenvalue weighted by molar-refractivity contribution is 0.196. The third-order valence-corrected chi connectivity index (χ3v) is 1.96. The van der Waals surface area contributed by atoms with Gasteiger partial charge in [0.1, 0.15) is 5.76 Å². The van der Waals surface area contributed by atoms with Gasteiger partial charge in [-0.25, -0.2) is 4.79 Å². The van der Waals surface area contributed by atoms with Crippen LogP contribution in [0.25, 0.3) is 0 Å².